The van der Waals surface area contributed by atoms with E-state index in [1.54, 1.807) is 11.9 Å². The Labute approximate surface area is 94.0 Å². The minimum absolute atomic E-state index is 0.0290. The summed E-state index contributed by atoms with van der Waals surface area (Å²) >= 11 is 1.72. The zero-order chi connectivity index (χ0) is 10.7. The normalized spacial score (nSPS) is 17.1. The Morgan fingerprint density at radius 2 is 2.07 bits per heavy atom. The van der Waals surface area contributed by atoms with Gasteiger partial charge in [0, 0.05) is 18.7 Å². The molecule has 0 radical (unpaired) electrons. The van der Waals surface area contributed by atoms with Crippen molar-refractivity contribution in [2.24, 2.45) is 0 Å². The van der Waals surface area contributed by atoms with E-state index < -0.39 is 0 Å². The zero-order valence-electron chi connectivity index (χ0n) is 8.64. The SMILES string of the molecule is CSN1CC(NC(=O)c2ccccc2)C1. The van der Waals surface area contributed by atoms with Crippen molar-refractivity contribution in [1.82, 2.24) is 9.62 Å². The van der Waals surface area contributed by atoms with Crippen molar-refractivity contribution in [2.45, 2.75) is 6.04 Å². The Balaban J connectivity index is 1.84. The highest BCUT2D eigenvalue weighted by Crippen LogP contribution is 2.16. The summed E-state index contributed by atoms with van der Waals surface area (Å²) in [7, 11) is 0. The van der Waals surface area contributed by atoms with Crippen LogP contribution in [-0.4, -0.2) is 35.6 Å². The van der Waals surface area contributed by atoms with Crippen molar-refractivity contribution in [3.8, 4) is 0 Å². The number of carbonyl (C=O) groups excluding carboxylic acids is 1. The second-order valence-corrected chi connectivity index (χ2v) is 4.45. The number of amides is 1. The molecule has 1 aromatic rings. The molecule has 15 heavy (non-hydrogen) atoms. The topological polar surface area (TPSA) is 32.3 Å². The molecule has 1 heterocycles. The van der Waals surface area contributed by atoms with E-state index in [-0.39, 0.29) is 5.91 Å². The molecule has 3 nitrogen and oxygen atoms in total. The van der Waals surface area contributed by atoms with E-state index in [4.69, 9.17) is 0 Å². The van der Waals surface area contributed by atoms with Crippen molar-refractivity contribution < 1.29 is 4.79 Å². The summed E-state index contributed by atoms with van der Waals surface area (Å²) in [6.45, 7) is 1.89. The van der Waals surface area contributed by atoms with E-state index >= 15 is 0 Å². The first-order valence-corrected chi connectivity index (χ1v) is 6.12. The maximum Gasteiger partial charge on any atom is 0.251 e. The third kappa shape index (κ3) is 2.52. The van der Waals surface area contributed by atoms with Gasteiger partial charge >= 0.3 is 0 Å². The molecule has 0 aromatic heterocycles. The second kappa shape index (κ2) is 4.68. The molecule has 2 rings (SSSR count). The first-order chi connectivity index (χ1) is 7.29. The summed E-state index contributed by atoms with van der Waals surface area (Å²) < 4.78 is 2.22. The Bertz CT molecular complexity index is 336. The summed E-state index contributed by atoms with van der Waals surface area (Å²) in [5, 5.41) is 3.00. The Morgan fingerprint density at radius 1 is 1.40 bits per heavy atom. The first-order valence-electron chi connectivity index (χ1n) is 4.94. The van der Waals surface area contributed by atoms with Gasteiger partial charge in [0.25, 0.3) is 5.91 Å². The number of hydrogen-bond donors (Lipinski definition) is 1. The molecule has 0 unspecified atom stereocenters. The minimum Gasteiger partial charge on any atom is -0.347 e. The van der Waals surface area contributed by atoms with Crippen molar-refractivity contribution >= 4 is 17.9 Å². The van der Waals surface area contributed by atoms with Crippen LogP contribution in [0.5, 0.6) is 0 Å². The number of hydrogen-bond acceptors (Lipinski definition) is 3. The van der Waals surface area contributed by atoms with Crippen molar-refractivity contribution in [3.63, 3.8) is 0 Å². The van der Waals surface area contributed by atoms with Crippen molar-refractivity contribution in [2.75, 3.05) is 19.3 Å². The highest BCUT2D eigenvalue weighted by Gasteiger charge is 2.27. The second-order valence-electron chi connectivity index (χ2n) is 3.57. The van der Waals surface area contributed by atoms with Crippen LogP contribution in [0.3, 0.4) is 0 Å². The van der Waals surface area contributed by atoms with Crippen molar-refractivity contribution in [3.05, 3.63) is 35.9 Å². The average molecular weight is 222 g/mol. The maximum atomic E-state index is 11.7. The predicted octanol–water partition coefficient (Wildman–Crippen LogP) is 1.38. The molecular formula is C11H14N2OS. The number of carbonyl (C=O) groups is 1. The molecule has 1 fully saturated rings. The van der Waals surface area contributed by atoms with Crippen LogP contribution in [0.2, 0.25) is 0 Å². The van der Waals surface area contributed by atoms with Crippen LogP contribution in [0.4, 0.5) is 0 Å². The monoisotopic (exact) mass is 222 g/mol. The molecule has 1 aliphatic rings. The number of nitrogens with zero attached hydrogens (tertiary/aromatic N) is 1. The van der Waals surface area contributed by atoms with Crippen LogP contribution >= 0.6 is 11.9 Å². The quantitative estimate of drug-likeness (QED) is 0.784. The fraction of sp³-hybridized carbons (Fsp3) is 0.364. The van der Waals surface area contributed by atoms with Crippen LogP contribution in [0, 0.1) is 0 Å². The summed E-state index contributed by atoms with van der Waals surface area (Å²) in [5.74, 6) is 0.0290. The van der Waals surface area contributed by atoms with E-state index in [1.807, 2.05) is 30.3 Å². The fourth-order valence-electron chi connectivity index (χ4n) is 1.54. The van der Waals surface area contributed by atoms with Gasteiger partial charge in [-0.2, -0.15) is 0 Å². The third-order valence-electron chi connectivity index (χ3n) is 2.48. The molecule has 4 heteroatoms. The smallest absolute Gasteiger partial charge is 0.251 e. The number of rotatable bonds is 3. The summed E-state index contributed by atoms with van der Waals surface area (Å²) in [5.41, 5.74) is 0.736. The molecular weight excluding hydrogens is 208 g/mol. The minimum atomic E-state index is 0.0290. The van der Waals surface area contributed by atoms with Gasteiger partial charge < -0.3 is 5.32 Å². The molecule has 1 N–H and O–H groups in total. The van der Waals surface area contributed by atoms with Crippen LogP contribution in [0.15, 0.2) is 30.3 Å². The van der Waals surface area contributed by atoms with Gasteiger partial charge in [-0.1, -0.05) is 30.1 Å². The maximum absolute atomic E-state index is 11.7. The molecule has 0 spiro atoms. The first kappa shape index (κ1) is 10.5. The fourth-order valence-corrected chi connectivity index (χ4v) is 2.19. The molecule has 0 atom stereocenters. The highest BCUT2D eigenvalue weighted by atomic mass is 32.2. The molecule has 0 aliphatic carbocycles. The lowest BCUT2D eigenvalue weighted by atomic mass is 10.1. The van der Waals surface area contributed by atoms with Crippen LogP contribution < -0.4 is 5.32 Å². The van der Waals surface area contributed by atoms with Gasteiger partial charge in [0.05, 0.1) is 6.04 Å². The van der Waals surface area contributed by atoms with E-state index in [2.05, 4.69) is 15.9 Å². The van der Waals surface area contributed by atoms with Gasteiger partial charge in [0.1, 0.15) is 0 Å². The molecule has 1 aliphatic heterocycles. The average Bonchev–Trinajstić information content (AvgIpc) is 2.23. The summed E-state index contributed by atoms with van der Waals surface area (Å²) in [6.07, 6.45) is 2.05. The Kier molecular flexibility index (Phi) is 3.28. The van der Waals surface area contributed by atoms with Crippen LogP contribution in [0.25, 0.3) is 0 Å². The lowest BCUT2D eigenvalue weighted by Crippen LogP contribution is -2.56. The van der Waals surface area contributed by atoms with Gasteiger partial charge in [-0.05, 0) is 18.4 Å². The molecule has 1 aromatic carbocycles. The zero-order valence-corrected chi connectivity index (χ0v) is 9.46. The molecule has 0 bridgehead atoms. The summed E-state index contributed by atoms with van der Waals surface area (Å²) in [4.78, 5) is 11.7. The van der Waals surface area contributed by atoms with Gasteiger partial charge in [-0.15, -0.1) is 0 Å². The highest BCUT2D eigenvalue weighted by molar-refractivity contribution is 7.96. The number of nitrogens with one attached hydrogen (secondary N) is 1. The van der Waals surface area contributed by atoms with Gasteiger partial charge in [-0.25, -0.2) is 4.31 Å². The lowest BCUT2D eigenvalue weighted by Gasteiger charge is -2.37. The molecule has 80 valence electrons. The van der Waals surface area contributed by atoms with Gasteiger partial charge in [-0.3, -0.25) is 4.79 Å². The lowest BCUT2D eigenvalue weighted by molar-refractivity contribution is 0.0901. The summed E-state index contributed by atoms with van der Waals surface area (Å²) in [6, 6.07) is 9.65. The van der Waals surface area contributed by atoms with Crippen LogP contribution in [0.1, 0.15) is 10.4 Å². The van der Waals surface area contributed by atoms with Gasteiger partial charge in [0.2, 0.25) is 0 Å². The Hall–Kier alpha value is -1.00. The van der Waals surface area contributed by atoms with E-state index in [0.29, 0.717) is 6.04 Å². The largest absolute Gasteiger partial charge is 0.347 e. The molecule has 1 amide bonds. The molecule has 1 saturated heterocycles. The van der Waals surface area contributed by atoms with Crippen molar-refractivity contribution in [1.29, 1.82) is 0 Å². The van der Waals surface area contributed by atoms with E-state index in [0.717, 1.165) is 18.7 Å². The van der Waals surface area contributed by atoms with E-state index in [1.165, 1.54) is 0 Å². The molecule has 0 saturated carbocycles. The predicted molar refractivity (Wildman–Crippen MR) is 62.8 cm³/mol. The number of benzene rings is 1. The van der Waals surface area contributed by atoms with E-state index in [9.17, 15) is 4.79 Å². The van der Waals surface area contributed by atoms with Gasteiger partial charge in [0.15, 0.2) is 0 Å². The van der Waals surface area contributed by atoms with Crippen LogP contribution in [-0.2, 0) is 0 Å². The third-order valence-corrected chi connectivity index (χ3v) is 3.29. The standard InChI is InChI=1S/C11H14N2OS/c1-15-13-7-10(8-13)12-11(14)9-5-3-2-4-6-9/h2-6,10H,7-8H2,1H3,(H,12,14). The Morgan fingerprint density at radius 3 is 2.67 bits per heavy atom.